The molecule has 2 rings (SSSR count). The number of carbonyl (C=O) groups is 1. The predicted molar refractivity (Wildman–Crippen MR) is 83.4 cm³/mol. The van der Waals surface area contributed by atoms with Crippen molar-refractivity contribution in [3.05, 3.63) is 18.1 Å². The van der Waals surface area contributed by atoms with Gasteiger partial charge in [-0.05, 0) is 33.4 Å². The summed E-state index contributed by atoms with van der Waals surface area (Å²) in [6.45, 7) is 4.67. The zero-order valence-corrected chi connectivity index (χ0v) is 13.2. The first kappa shape index (κ1) is 15.7. The molecular formula is C15H25N5O. The van der Waals surface area contributed by atoms with Crippen LogP contribution in [0, 0.1) is 0 Å². The van der Waals surface area contributed by atoms with Gasteiger partial charge in [0.1, 0.15) is 11.5 Å². The number of likely N-dealkylation sites (N-methyl/N-ethyl adjacent to an activating group) is 1. The number of aromatic nitrogens is 2. The zero-order chi connectivity index (χ0) is 15.2. The second-order valence-electron chi connectivity index (χ2n) is 5.77. The van der Waals surface area contributed by atoms with E-state index in [1.165, 1.54) is 0 Å². The van der Waals surface area contributed by atoms with Crippen LogP contribution in [-0.4, -0.2) is 65.4 Å². The number of amides is 1. The third kappa shape index (κ3) is 4.14. The molecule has 6 nitrogen and oxygen atoms in total. The van der Waals surface area contributed by atoms with Crippen LogP contribution in [0.4, 0.5) is 5.82 Å². The monoisotopic (exact) mass is 291 g/mol. The average Bonchev–Trinajstić information content (AvgIpc) is 2.92. The van der Waals surface area contributed by atoms with Gasteiger partial charge in [0.05, 0.1) is 12.4 Å². The largest absolute Gasteiger partial charge is 0.369 e. The molecule has 0 aromatic carbocycles. The van der Waals surface area contributed by atoms with Crippen LogP contribution in [0.5, 0.6) is 0 Å². The molecule has 1 aromatic heterocycles. The van der Waals surface area contributed by atoms with E-state index < -0.39 is 0 Å². The Bertz CT molecular complexity index is 460. The summed E-state index contributed by atoms with van der Waals surface area (Å²) in [7, 11) is 4.07. The van der Waals surface area contributed by atoms with Crippen molar-refractivity contribution >= 4 is 11.7 Å². The standard InChI is InChI=1S/C15H25N5O/c1-4-7-16-14-10-17-13(9-18-14)15(21)20-8-5-6-12(20)11-19(2)3/h9-10,12H,4-8,11H2,1-3H3,(H,16,18). The van der Waals surface area contributed by atoms with Gasteiger partial charge in [0.2, 0.25) is 0 Å². The minimum Gasteiger partial charge on any atom is -0.369 e. The van der Waals surface area contributed by atoms with Crippen LogP contribution in [0.25, 0.3) is 0 Å². The van der Waals surface area contributed by atoms with Gasteiger partial charge in [-0.1, -0.05) is 6.92 Å². The molecule has 0 aliphatic carbocycles. The average molecular weight is 291 g/mol. The third-order valence-corrected chi connectivity index (χ3v) is 3.64. The maximum atomic E-state index is 12.5. The lowest BCUT2D eigenvalue weighted by molar-refractivity contribution is 0.0710. The Kier molecular flexibility index (Phi) is 5.50. The first-order valence-electron chi connectivity index (χ1n) is 7.63. The molecule has 21 heavy (non-hydrogen) atoms. The molecule has 1 aliphatic heterocycles. The minimum absolute atomic E-state index is 0.00566. The zero-order valence-electron chi connectivity index (χ0n) is 13.2. The van der Waals surface area contributed by atoms with Gasteiger partial charge in [-0.25, -0.2) is 9.97 Å². The van der Waals surface area contributed by atoms with E-state index >= 15 is 0 Å². The van der Waals surface area contributed by atoms with Crippen molar-refractivity contribution in [1.29, 1.82) is 0 Å². The summed E-state index contributed by atoms with van der Waals surface area (Å²) in [6, 6.07) is 0.284. The van der Waals surface area contributed by atoms with Crippen LogP contribution in [0.2, 0.25) is 0 Å². The molecule has 0 spiro atoms. The van der Waals surface area contributed by atoms with Crippen molar-refractivity contribution in [3.8, 4) is 0 Å². The van der Waals surface area contributed by atoms with E-state index in [0.717, 1.165) is 44.7 Å². The maximum Gasteiger partial charge on any atom is 0.274 e. The van der Waals surface area contributed by atoms with Crippen LogP contribution in [0.15, 0.2) is 12.4 Å². The van der Waals surface area contributed by atoms with E-state index in [1.54, 1.807) is 12.4 Å². The highest BCUT2D eigenvalue weighted by Crippen LogP contribution is 2.20. The number of nitrogens with one attached hydrogen (secondary N) is 1. The summed E-state index contributed by atoms with van der Waals surface area (Å²) in [6.07, 6.45) is 6.37. The Balaban J connectivity index is 2.01. The van der Waals surface area contributed by atoms with Crippen LogP contribution in [-0.2, 0) is 0 Å². The normalized spacial score (nSPS) is 18.3. The Morgan fingerprint density at radius 1 is 1.43 bits per heavy atom. The molecule has 116 valence electrons. The lowest BCUT2D eigenvalue weighted by Crippen LogP contribution is -2.41. The van der Waals surface area contributed by atoms with Crippen molar-refractivity contribution in [2.24, 2.45) is 0 Å². The Hall–Kier alpha value is -1.69. The van der Waals surface area contributed by atoms with Gasteiger partial charge in [0.25, 0.3) is 5.91 Å². The SMILES string of the molecule is CCCNc1cnc(C(=O)N2CCCC2CN(C)C)cn1. The maximum absolute atomic E-state index is 12.5. The van der Waals surface area contributed by atoms with Gasteiger partial charge in [-0.15, -0.1) is 0 Å². The van der Waals surface area contributed by atoms with Crippen molar-refractivity contribution in [3.63, 3.8) is 0 Å². The molecule has 1 fully saturated rings. The summed E-state index contributed by atoms with van der Waals surface area (Å²) >= 11 is 0. The van der Waals surface area contributed by atoms with Gasteiger partial charge < -0.3 is 15.1 Å². The first-order valence-corrected chi connectivity index (χ1v) is 7.63. The smallest absolute Gasteiger partial charge is 0.274 e. The molecule has 1 unspecified atom stereocenters. The van der Waals surface area contributed by atoms with E-state index in [2.05, 4.69) is 27.1 Å². The molecule has 1 aliphatic rings. The highest BCUT2D eigenvalue weighted by atomic mass is 16.2. The number of hydrogen-bond acceptors (Lipinski definition) is 5. The van der Waals surface area contributed by atoms with Crippen molar-refractivity contribution in [2.75, 3.05) is 39.0 Å². The fourth-order valence-corrected chi connectivity index (χ4v) is 2.64. The van der Waals surface area contributed by atoms with Crippen LogP contribution < -0.4 is 5.32 Å². The number of carbonyl (C=O) groups excluding carboxylic acids is 1. The topological polar surface area (TPSA) is 61.4 Å². The van der Waals surface area contributed by atoms with Crippen molar-refractivity contribution in [2.45, 2.75) is 32.2 Å². The molecule has 0 saturated carbocycles. The number of anilines is 1. The summed E-state index contributed by atoms with van der Waals surface area (Å²) in [4.78, 5) is 25.1. The number of rotatable bonds is 6. The Labute approximate surface area is 126 Å². The van der Waals surface area contributed by atoms with Gasteiger partial charge >= 0.3 is 0 Å². The highest BCUT2D eigenvalue weighted by molar-refractivity contribution is 5.92. The second-order valence-corrected chi connectivity index (χ2v) is 5.77. The number of hydrogen-bond donors (Lipinski definition) is 1. The summed E-state index contributed by atoms with van der Waals surface area (Å²) < 4.78 is 0. The van der Waals surface area contributed by atoms with E-state index in [1.807, 2.05) is 19.0 Å². The molecule has 2 heterocycles. The molecule has 6 heteroatoms. The summed E-state index contributed by atoms with van der Waals surface area (Å²) in [5.74, 6) is 0.716. The van der Waals surface area contributed by atoms with Crippen LogP contribution >= 0.6 is 0 Å². The van der Waals surface area contributed by atoms with E-state index in [4.69, 9.17) is 0 Å². The lowest BCUT2D eigenvalue weighted by atomic mass is 10.2. The Morgan fingerprint density at radius 3 is 2.86 bits per heavy atom. The summed E-state index contributed by atoms with van der Waals surface area (Å²) in [5, 5.41) is 3.16. The molecule has 0 bridgehead atoms. The molecule has 1 aromatic rings. The van der Waals surface area contributed by atoms with Gasteiger partial charge in [0.15, 0.2) is 0 Å². The molecule has 1 atom stereocenters. The van der Waals surface area contributed by atoms with Crippen molar-refractivity contribution < 1.29 is 4.79 Å². The second kappa shape index (κ2) is 7.36. The van der Waals surface area contributed by atoms with E-state index in [-0.39, 0.29) is 11.9 Å². The Morgan fingerprint density at radius 2 is 2.24 bits per heavy atom. The lowest BCUT2D eigenvalue weighted by Gasteiger charge is -2.26. The fourth-order valence-electron chi connectivity index (χ4n) is 2.64. The van der Waals surface area contributed by atoms with E-state index in [0.29, 0.717) is 5.69 Å². The first-order chi connectivity index (χ1) is 10.1. The number of nitrogens with zero attached hydrogens (tertiary/aromatic N) is 4. The minimum atomic E-state index is -0.00566. The molecule has 1 amide bonds. The van der Waals surface area contributed by atoms with Gasteiger partial charge in [0, 0.05) is 25.7 Å². The van der Waals surface area contributed by atoms with Crippen LogP contribution in [0.3, 0.4) is 0 Å². The fraction of sp³-hybridized carbons (Fsp3) is 0.667. The van der Waals surface area contributed by atoms with Crippen molar-refractivity contribution in [1.82, 2.24) is 19.8 Å². The van der Waals surface area contributed by atoms with Gasteiger partial charge in [-0.2, -0.15) is 0 Å². The number of likely N-dealkylation sites (tertiary alicyclic amines) is 1. The molecule has 0 radical (unpaired) electrons. The van der Waals surface area contributed by atoms with E-state index in [9.17, 15) is 4.79 Å². The third-order valence-electron chi connectivity index (χ3n) is 3.64. The quantitative estimate of drug-likeness (QED) is 0.860. The predicted octanol–water partition coefficient (Wildman–Crippen LogP) is 1.46. The summed E-state index contributed by atoms with van der Waals surface area (Å²) in [5.41, 5.74) is 0.433. The highest BCUT2D eigenvalue weighted by Gasteiger charge is 2.30. The molecule has 1 saturated heterocycles. The van der Waals surface area contributed by atoms with Gasteiger partial charge in [-0.3, -0.25) is 4.79 Å². The molecular weight excluding hydrogens is 266 g/mol. The van der Waals surface area contributed by atoms with Crippen LogP contribution in [0.1, 0.15) is 36.7 Å². The molecule has 1 N–H and O–H groups in total.